The van der Waals surface area contributed by atoms with Crippen LogP contribution < -0.4 is 5.32 Å². The molecule has 0 spiro atoms. The predicted octanol–water partition coefficient (Wildman–Crippen LogP) is 1.35. The number of guanidine groups is 1. The van der Waals surface area contributed by atoms with Crippen LogP contribution in [-0.4, -0.2) is 86.1 Å². The maximum atomic E-state index is 4.53. The second-order valence-corrected chi connectivity index (χ2v) is 7.21. The Morgan fingerprint density at radius 3 is 2.52 bits per heavy atom. The van der Waals surface area contributed by atoms with Crippen molar-refractivity contribution in [3.63, 3.8) is 0 Å². The molecule has 2 bridgehead atoms. The SMILES string of the molecule is CN=C(NCC1CN2CCN1CC2)N1CC=C(c2ccccc2)CC1. The zero-order valence-electron chi connectivity index (χ0n) is 15.2. The van der Waals surface area contributed by atoms with Gasteiger partial charge in [-0.2, -0.15) is 0 Å². The zero-order valence-corrected chi connectivity index (χ0v) is 15.2. The Morgan fingerprint density at radius 1 is 1.12 bits per heavy atom. The highest BCUT2D eigenvalue weighted by atomic mass is 15.4. The van der Waals surface area contributed by atoms with Crippen LogP contribution in [0.1, 0.15) is 12.0 Å². The molecule has 5 heteroatoms. The van der Waals surface area contributed by atoms with Gasteiger partial charge in [0.15, 0.2) is 5.96 Å². The second-order valence-electron chi connectivity index (χ2n) is 7.21. The van der Waals surface area contributed by atoms with Crippen molar-refractivity contribution in [3.05, 3.63) is 42.0 Å². The average Bonchev–Trinajstić information content (AvgIpc) is 2.70. The van der Waals surface area contributed by atoms with Crippen LogP contribution >= 0.6 is 0 Å². The Morgan fingerprint density at radius 2 is 1.92 bits per heavy atom. The third kappa shape index (κ3) is 3.72. The number of aliphatic imine (C=N–C) groups is 1. The molecule has 0 radical (unpaired) electrons. The number of fused-ring (bicyclic) bond motifs is 3. The molecule has 25 heavy (non-hydrogen) atoms. The second kappa shape index (κ2) is 7.58. The van der Waals surface area contributed by atoms with Crippen LogP contribution in [0.15, 0.2) is 41.4 Å². The summed E-state index contributed by atoms with van der Waals surface area (Å²) in [5.74, 6) is 1.04. The van der Waals surface area contributed by atoms with Crippen LogP contribution in [0, 0.1) is 0 Å². The van der Waals surface area contributed by atoms with Crippen molar-refractivity contribution in [2.24, 2.45) is 4.99 Å². The maximum Gasteiger partial charge on any atom is 0.193 e. The summed E-state index contributed by atoms with van der Waals surface area (Å²) in [7, 11) is 1.90. The molecular formula is C20H29N5. The molecule has 1 unspecified atom stereocenters. The van der Waals surface area contributed by atoms with Crippen molar-refractivity contribution in [3.8, 4) is 0 Å². The Balaban J connectivity index is 1.32. The summed E-state index contributed by atoms with van der Waals surface area (Å²) < 4.78 is 0. The van der Waals surface area contributed by atoms with Crippen LogP contribution in [-0.2, 0) is 0 Å². The Bertz CT molecular complexity index is 631. The molecule has 4 heterocycles. The van der Waals surface area contributed by atoms with Crippen molar-refractivity contribution in [2.75, 3.05) is 59.4 Å². The topological polar surface area (TPSA) is 34.1 Å². The molecule has 5 nitrogen and oxygen atoms in total. The fourth-order valence-electron chi connectivity index (χ4n) is 4.24. The molecule has 0 amide bonds. The van der Waals surface area contributed by atoms with E-state index in [1.54, 1.807) is 0 Å². The van der Waals surface area contributed by atoms with Gasteiger partial charge in [-0.3, -0.25) is 14.8 Å². The summed E-state index contributed by atoms with van der Waals surface area (Å²) in [5.41, 5.74) is 2.81. The molecule has 0 saturated carbocycles. The fourth-order valence-corrected chi connectivity index (χ4v) is 4.24. The van der Waals surface area contributed by atoms with Crippen LogP contribution in [0.4, 0.5) is 0 Å². The Labute approximate surface area is 151 Å². The summed E-state index contributed by atoms with van der Waals surface area (Å²) in [6, 6.07) is 11.3. The van der Waals surface area contributed by atoms with Gasteiger partial charge in [-0.25, -0.2) is 0 Å². The highest BCUT2D eigenvalue weighted by molar-refractivity contribution is 5.81. The van der Waals surface area contributed by atoms with Gasteiger partial charge in [0, 0.05) is 65.4 Å². The van der Waals surface area contributed by atoms with E-state index in [9.17, 15) is 0 Å². The van der Waals surface area contributed by atoms with Gasteiger partial charge in [0.05, 0.1) is 0 Å². The van der Waals surface area contributed by atoms with Gasteiger partial charge >= 0.3 is 0 Å². The minimum Gasteiger partial charge on any atom is -0.355 e. The van der Waals surface area contributed by atoms with E-state index < -0.39 is 0 Å². The molecule has 1 N–H and O–H groups in total. The third-order valence-electron chi connectivity index (χ3n) is 5.75. The van der Waals surface area contributed by atoms with Gasteiger partial charge in [0.2, 0.25) is 0 Å². The number of hydrogen-bond donors (Lipinski definition) is 1. The van der Waals surface area contributed by atoms with Crippen molar-refractivity contribution < 1.29 is 0 Å². The summed E-state index contributed by atoms with van der Waals surface area (Å²) in [6.07, 6.45) is 3.43. The molecule has 3 saturated heterocycles. The highest BCUT2D eigenvalue weighted by Crippen LogP contribution is 2.22. The minimum atomic E-state index is 0.625. The first-order valence-electron chi connectivity index (χ1n) is 9.50. The van der Waals surface area contributed by atoms with E-state index in [2.05, 4.69) is 61.4 Å². The standard InChI is InChI=1S/C20H29N5/c1-21-20(22-15-19-16-23-11-13-24(19)14-12-23)25-9-7-18(8-10-25)17-5-3-2-4-6-17/h2-7,19H,8-16H2,1H3,(H,21,22). The maximum absolute atomic E-state index is 4.53. The quantitative estimate of drug-likeness (QED) is 0.666. The number of piperazine rings is 3. The number of rotatable bonds is 3. The van der Waals surface area contributed by atoms with Gasteiger partial charge in [0.25, 0.3) is 0 Å². The van der Waals surface area contributed by atoms with Crippen molar-refractivity contribution in [1.82, 2.24) is 20.0 Å². The van der Waals surface area contributed by atoms with E-state index in [0.717, 1.165) is 32.0 Å². The van der Waals surface area contributed by atoms with Gasteiger partial charge in [-0.1, -0.05) is 36.4 Å². The van der Waals surface area contributed by atoms with E-state index in [0.29, 0.717) is 6.04 Å². The van der Waals surface area contributed by atoms with Gasteiger partial charge in [-0.15, -0.1) is 0 Å². The number of nitrogens with zero attached hydrogens (tertiary/aromatic N) is 4. The van der Waals surface area contributed by atoms with Crippen LogP contribution in [0.25, 0.3) is 5.57 Å². The van der Waals surface area contributed by atoms with E-state index in [-0.39, 0.29) is 0 Å². The first kappa shape index (κ1) is 16.6. The number of nitrogens with one attached hydrogen (secondary N) is 1. The lowest BCUT2D eigenvalue weighted by Gasteiger charge is -2.47. The molecule has 0 aliphatic carbocycles. The molecule has 1 aromatic rings. The molecule has 3 fully saturated rings. The van der Waals surface area contributed by atoms with Gasteiger partial charge < -0.3 is 10.2 Å². The normalized spacial score (nSPS) is 29.5. The van der Waals surface area contributed by atoms with Crippen LogP contribution in [0.5, 0.6) is 0 Å². The van der Waals surface area contributed by atoms with E-state index >= 15 is 0 Å². The molecule has 1 aromatic carbocycles. The number of benzene rings is 1. The molecule has 4 aliphatic rings. The molecule has 4 aliphatic heterocycles. The monoisotopic (exact) mass is 339 g/mol. The van der Waals surface area contributed by atoms with Gasteiger partial charge in [-0.05, 0) is 17.6 Å². The smallest absolute Gasteiger partial charge is 0.193 e. The largest absolute Gasteiger partial charge is 0.355 e. The van der Waals surface area contributed by atoms with Crippen molar-refractivity contribution in [1.29, 1.82) is 0 Å². The summed E-state index contributed by atoms with van der Waals surface area (Å²) >= 11 is 0. The predicted molar refractivity (Wildman–Crippen MR) is 104 cm³/mol. The first-order valence-corrected chi connectivity index (χ1v) is 9.50. The van der Waals surface area contributed by atoms with Crippen LogP contribution in [0.2, 0.25) is 0 Å². The summed E-state index contributed by atoms with van der Waals surface area (Å²) in [4.78, 5) is 12.1. The average molecular weight is 339 g/mol. The molecule has 5 rings (SSSR count). The lowest BCUT2D eigenvalue weighted by atomic mass is 10.00. The third-order valence-corrected chi connectivity index (χ3v) is 5.75. The molecule has 1 atom stereocenters. The number of hydrogen-bond acceptors (Lipinski definition) is 3. The summed E-state index contributed by atoms with van der Waals surface area (Å²) in [5, 5.41) is 3.63. The highest BCUT2D eigenvalue weighted by Gasteiger charge is 2.31. The van der Waals surface area contributed by atoms with Crippen LogP contribution in [0.3, 0.4) is 0 Å². The van der Waals surface area contributed by atoms with Crippen molar-refractivity contribution in [2.45, 2.75) is 12.5 Å². The molecule has 134 valence electrons. The lowest BCUT2D eigenvalue weighted by molar-refractivity contribution is 0.0152. The molecular weight excluding hydrogens is 310 g/mol. The zero-order chi connectivity index (χ0) is 17.1. The summed E-state index contributed by atoms with van der Waals surface area (Å²) in [6.45, 7) is 9.08. The van der Waals surface area contributed by atoms with Crippen molar-refractivity contribution >= 4 is 11.5 Å². The Hall–Kier alpha value is -1.85. The van der Waals surface area contributed by atoms with Gasteiger partial charge in [0.1, 0.15) is 0 Å². The molecule has 0 aromatic heterocycles. The Kier molecular flexibility index (Phi) is 5.04. The first-order chi connectivity index (χ1) is 12.3. The van der Waals surface area contributed by atoms with E-state index in [4.69, 9.17) is 0 Å². The minimum absolute atomic E-state index is 0.625. The van der Waals surface area contributed by atoms with E-state index in [1.807, 2.05) is 7.05 Å². The fraction of sp³-hybridized carbons (Fsp3) is 0.550. The van der Waals surface area contributed by atoms with E-state index in [1.165, 1.54) is 43.9 Å². The lowest BCUT2D eigenvalue weighted by Crippen LogP contribution is -2.64.